The Labute approximate surface area is 380 Å². The van der Waals surface area contributed by atoms with Gasteiger partial charge in [-0.3, -0.25) is 28.9 Å². The van der Waals surface area contributed by atoms with Gasteiger partial charge in [-0.15, -0.1) is 23.1 Å². The first-order valence-corrected chi connectivity index (χ1v) is 22.3. The van der Waals surface area contributed by atoms with Crippen molar-refractivity contribution in [2.75, 3.05) is 23.3 Å². The Morgan fingerprint density at radius 1 is 0.877 bits per heavy atom. The number of rotatable bonds is 16. The zero-order valence-corrected chi connectivity index (χ0v) is 36.1. The fraction of sp³-hybridized carbons (Fsp3) is 0.191. The molecule has 4 aromatic carbocycles. The van der Waals surface area contributed by atoms with Gasteiger partial charge in [-0.2, -0.15) is 0 Å². The van der Waals surface area contributed by atoms with Crippen LogP contribution in [0.1, 0.15) is 47.2 Å². The van der Waals surface area contributed by atoms with Gasteiger partial charge >= 0.3 is 11.9 Å². The maximum absolute atomic E-state index is 14.3. The lowest BCUT2D eigenvalue weighted by atomic mass is 9.80. The molecule has 2 fully saturated rings. The van der Waals surface area contributed by atoms with Gasteiger partial charge in [0.1, 0.15) is 22.8 Å². The molecule has 1 aromatic heterocycles. The van der Waals surface area contributed by atoms with Crippen molar-refractivity contribution >= 4 is 75.2 Å². The molecule has 6 N–H and O–H groups in total. The van der Waals surface area contributed by atoms with E-state index in [2.05, 4.69) is 20.8 Å². The van der Waals surface area contributed by atoms with E-state index in [1.165, 1.54) is 17.8 Å². The molecule has 0 bridgehead atoms. The number of carbonyl (C=O) groups excluding carboxylic acids is 4. The molecule has 0 aliphatic carbocycles. The van der Waals surface area contributed by atoms with Crippen molar-refractivity contribution in [3.05, 3.63) is 172 Å². The molecule has 18 heteroatoms. The first-order chi connectivity index (χ1) is 31.4. The van der Waals surface area contributed by atoms with Crippen molar-refractivity contribution in [1.82, 2.24) is 20.1 Å². The number of fused-ring (bicyclic) bond motifs is 1. The van der Waals surface area contributed by atoms with Gasteiger partial charge in [0.2, 0.25) is 17.4 Å². The number of thioether (sulfide) groups is 1. The second-order valence-corrected chi connectivity index (χ2v) is 17.2. The average molecular weight is 912 g/mol. The maximum atomic E-state index is 14.3. The summed E-state index contributed by atoms with van der Waals surface area (Å²) in [4.78, 5) is 91.0. The van der Waals surface area contributed by atoms with E-state index in [1.54, 1.807) is 34.5 Å². The summed E-state index contributed by atoms with van der Waals surface area (Å²) >= 11 is 2.34. The van der Waals surface area contributed by atoms with Crippen LogP contribution in [-0.4, -0.2) is 90.0 Å². The number of likely N-dealkylation sites (tertiary alicyclic amines) is 1. The number of β-lactam (4-membered cyclic amide) rings is 1. The Bertz CT molecular complexity index is 2650. The molecule has 0 saturated carbocycles. The third-order valence-corrected chi connectivity index (χ3v) is 13.0. The number of oxime groups is 1. The smallest absolute Gasteiger partial charge is 0.352 e. The number of anilines is 2. The number of nitrogens with zero attached hydrogens (tertiary/aromatic N) is 4. The lowest BCUT2D eigenvalue weighted by molar-refractivity contribution is -0.150. The van der Waals surface area contributed by atoms with Crippen LogP contribution < -0.4 is 16.4 Å². The van der Waals surface area contributed by atoms with Crippen LogP contribution in [-0.2, 0) is 45.8 Å². The lowest BCUT2D eigenvalue weighted by Gasteiger charge is -2.49. The van der Waals surface area contributed by atoms with Crippen molar-refractivity contribution in [3.63, 3.8) is 0 Å². The highest BCUT2D eigenvalue weighted by Gasteiger charge is 2.54. The number of carbonyl (C=O) groups is 6. The first kappa shape index (κ1) is 44.1. The second kappa shape index (κ2) is 19.0. The second-order valence-electron chi connectivity index (χ2n) is 15.2. The number of aliphatic carboxylic acids is 2. The van der Waals surface area contributed by atoms with Crippen LogP contribution in [0.5, 0.6) is 0 Å². The Morgan fingerprint density at radius 3 is 2.05 bits per heavy atom. The summed E-state index contributed by atoms with van der Waals surface area (Å²) in [7, 11) is 0. The van der Waals surface area contributed by atoms with Crippen molar-refractivity contribution in [3.8, 4) is 0 Å². The van der Waals surface area contributed by atoms with E-state index in [0.717, 1.165) is 38.5 Å². The van der Waals surface area contributed by atoms with E-state index >= 15 is 0 Å². The number of nitrogens with two attached hydrogens (primary N) is 1. The van der Waals surface area contributed by atoms with E-state index in [-0.39, 0.29) is 58.9 Å². The molecule has 16 nitrogen and oxygen atoms in total. The minimum absolute atomic E-state index is 0.110. The quantitative estimate of drug-likeness (QED) is 0.0278. The van der Waals surface area contributed by atoms with Gasteiger partial charge < -0.3 is 36.3 Å². The van der Waals surface area contributed by atoms with Gasteiger partial charge in [0.15, 0.2) is 10.8 Å². The van der Waals surface area contributed by atoms with Crippen molar-refractivity contribution in [2.24, 2.45) is 5.16 Å². The molecule has 2 saturated heterocycles. The number of allylic oxidation sites excluding steroid dienone is 1. The fourth-order valence-electron chi connectivity index (χ4n) is 7.88. The third kappa shape index (κ3) is 9.25. The number of hydrogen-bond donors (Lipinski definition) is 5. The van der Waals surface area contributed by atoms with Gasteiger partial charge in [0.05, 0.1) is 6.42 Å². The maximum Gasteiger partial charge on any atom is 0.352 e. The number of carboxylic acids is 2. The zero-order chi connectivity index (χ0) is 45.7. The lowest BCUT2D eigenvalue weighted by Crippen LogP contribution is -2.71. The predicted molar refractivity (Wildman–Crippen MR) is 243 cm³/mol. The highest BCUT2D eigenvalue weighted by Crippen LogP contribution is 2.43. The molecule has 4 heterocycles. The molecule has 0 radical (unpaired) electrons. The minimum Gasteiger partial charge on any atom is -0.481 e. The van der Waals surface area contributed by atoms with Gasteiger partial charge in [-0.05, 0) is 35.8 Å². The largest absolute Gasteiger partial charge is 0.481 e. The fourth-order valence-corrected chi connectivity index (χ4v) is 9.73. The van der Waals surface area contributed by atoms with Crippen LogP contribution >= 0.6 is 23.1 Å². The van der Waals surface area contributed by atoms with Crippen LogP contribution in [0.15, 0.2) is 149 Å². The van der Waals surface area contributed by atoms with Crippen molar-refractivity contribution in [1.29, 1.82) is 0 Å². The van der Waals surface area contributed by atoms with Crippen molar-refractivity contribution in [2.45, 2.75) is 42.8 Å². The van der Waals surface area contributed by atoms with Gasteiger partial charge in [-0.25, -0.2) is 9.78 Å². The zero-order valence-electron chi connectivity index (χ0n) is 34.5. The average Bonchev–Trinajstić information content (AvgIpc) is 3.90. The van der Waals surface area contributed by atoms with E-state index in [9.17, 15) is 33.9 Å². The molecule has 3 aliphatic heterocycles. The number of nitrogen functional groups attached to an aromatic ring is 1. The SMILES string of the molecule is Nc1nc(C(=NOC(c2ccccc2)(c2ccccc2)c2ccccc2)C(=O)N[C@@H]2C(=O)N3C(C(=O)O)=C(C=C4CCN(Cc5ccc(NC(=O)CCC(=O)O)cc5)C4=O)CS[C@H]23)cs1. The topological polar surface area (TPSA) is 234 Å². The summed E-state index contributed by atoms with van der Waals surface area (Å²) < 4.78 is 0. The Hall–Kier alpha value is -7.57. The number of aromatic nitrogens is 1. The van der Waals surface area contributed by atoms with E-state index in [4.69, 9.17) is 15.7 Å². The molecule has 330 valence electrons. The number of nitrogens with one attached hydrogen (secondary N) is 2. The highest BCUT2D eigenvalue weighted by molar-refractivity contribution is 8.00. The van der Waals surface area contributed by atoms with Crippen LogP contribution in [0, 0.1) is 0 Å². The highest BCUT2D eigenvalue weighted by atomic mass is 32.2. The van der Waals surface area contributed by atoms with Crippen molar-refractivity contribution < 1.29 is 43.8 Å². The van der Waals surface area contributed by atoms with Gasteiger partial charge in [0.25, 0.3) is 11.8 Å². The molecule has 2 atom stereocenters. The molecule has 5 aromatic rings. The minimum atomic E-state index is -1.36. The Balaban J connectivity index is 1.00. The summed E-state index contributed by atoms with van der Waals surface area (Å²) in [5.41, 5.74) is 8.37. The molecule has 0 spiro atoms. The van der Waals surface area contributed by atoms with Gasteiger partial charge in [0, 0.05) is 58.6 Å². The van der Waals surface area contributed by atoms with E-state index in [0.29, 0.717) is 24.2 Å². The number of amides is 4. The number of hydrogen-bond acceptors (Lipinski definition) is 12. The molecular weight excluding hydrogens is 871 g/mol. The van der Waals surface area contributed by atoms with Crippen LogP contribution in [0.25, 0.3) is 0 Å². The molecule has 8 rings (SSSR count). The monoisotopic (exact) mass is 911 g/mol. The summed E-state index contributed by atoms with van der Waals surface area (Å²) in [5, 5.41) is 30.1. The standard InChI is InChI=1S/C47H41N7O9S2/c48-46-50-35(27-65-46)38(52-63-47(31-10-4-1-5-11-31,32-12-6-2-7-13-32)33-14-8-3-9-15-33)41(58)51-39-43(60)54-40(45(61)62)30(26-64-44(39)54)24-29-22-23-53(42(29)59)25-28-16-18-34(19-17-28)49-36(55)20-21-37(56)57/h1-19,24,27,39,44H,20-23,25-26H2,(H2,48,50)(H,49,55)(H,51,58)(H,56,57)(H,61,62)/t39-,44-/m1/s1. The summed E-state index contributed by atoms with van der Waals surface area (Å²) in [6.45, 7) is 0.634. The first-order valence-electron chi connectivity index (χ1n) is 20.4. The summed E-state index contributed by atoms with van der Waals surface area (Å²) in [6.07, 6.45) is 1.44. The summed E-state index contributed by atoms with van der Waals surface area (Å²) in [6, 6.07) is 34.0. The molecule has 0 unspecified atom stereocenters. The normalized spacial score (nSPS) is 18.0. The Kier molecular flexibility index (Phi) is 12.9. The number of thiazole rings is 1. The Morgan fingerprint density at radius 2 is 1.49 bits per heavy atom. The molecule has 65 heavy (non-hydrogen) atoms. The van der Waals surface area contributed by atoms with Gasteiger partial charge in [-0.1, -0.05) is 108 Å². The van der Waals surface area contributed by atoms with E-state index < -0.39 is 46.7 Å². The van der Waals surface area contributed by atoms with Crippen LogP contribution in [0.4, 0.5) is 10.8 Å². The molecule has 4 amide bonds. The molecule has 3 aliphatic rings. The van der Waals surface area contributed by atoms with E-state index in [1.807, 2.05) is 91.0 Å². The summed E-state index contributed by atoms with van der Waals surface area (Å²) in [5.74, 6) is -4.45. The third-order valence-electron chi connectivity index (χ3n) is 11.0. The van der Waals surface area contributed by atoms with Crippen LogP contribution in [0.3, 0.4) is 0 Å². The number of benzene rings is 4. The molecular formula is C47H41N7O9S2. The predicted octanol–water partition coefficient (Wildman–Crippen LogP) is 5.34. The number of carboxylic acid groups (broad SMARTS) is 2. The van der Waals surface area contributed by atoms with Crippen LogP contribution in [0.2, 0.25) is 0 Å².